The number of nitrogens with one attached hydrogen (secondary N) is 1. The summed E-state index contributed by atoms with van der Waals surface area (Å²) in [5.74, 6) is 0.433. The summed E-state index contributed by atoms with van der Waals surface area (Å²) < 4.78 is 6.85. The Hall–Kier alpha value is -3.26. The summed E-state index contributed by atoms with van der Waals surface area (Å²) in [5.41, 5.74) is 2.59. The third kappa shape index (κ3) is 3.97. The van der Waals surface area contributed by atoms with Crippen LogP contribution in [0.1, 0.15) is 24.3 Å². The van der Waals surface area contributed by atoms with E-state index >= 15 is 0 Å². The van der Waals surface area contributed by atoms with E-state index in [-0.39, 0.29) is 18.0 Å². The van der Waals surface area contributed by atoms with Crippen LogP contribution in [0.2, 0.25) is 0 Å². The van der Waals surface area contributed by atoms with Crippen LogP contribution in [0.3, 0.4) is 0 Å². The standard InChI is InChI=1S/C21H24N6O2/c1-14-12-26(13-15(2)24-14)21(28)18-10-19(17-6-4-5-9-22-17)27(25-18)16-7-8-20(29-3)23-11-16/h4-11,14-15,24H,12-13H2,1-3H3. The summed E-state index contributed by atoms with van der Waals surface area (Å²) in [5, 5.41) is 8.07. The van der Waals surface area contributed by atoms with Gasteiger partial charge in [0.2, 0.25) is 5.88 Å². The number of methoxy groups -OCH3 is 1. The van der Waals surface area contributed by atoms with Crippen molar-refractivity contribution in [3.05, 3.63) is 54.5 Å². The van der Waals surface area contributed by atoms with E-state index < -0.39 is 0 Å². The molecule has 3 aromatic heterocycles. The Balaban J connectivity index is 1.74. The number of carbonyl (C=O) groups excluding carboxylic acids is 1. The largest absolute Gasteiger partial charge is 0.481 e. The molecule has 1 aliphatic rings. The number of aromatic nitrogens is 4. The first-order valence-electron chi connectivity index (χ1n) is 9.62. The molecular weight excluding hydrogens is 368 g/mol. The van der Waals surface area contributed by atoms with Crippen LogP contribution in [0, 0.1) is 0 Å². The smallest absolute Gasteiger partial charge is 0.274 e. The number of ether oxygens (including phenoxy) is 1. The molecule has 4 rings (SSSR count). The van der Waals surface area contributed by atoms with Gasteiger partial charge in [0.05, 0.1) is 30.4 Å². The zero-order chi connectivity index (χ0) is 20.4. The second-order valence-corrected chi connectivity index (χ2v) is 7.28. The topological polar surface area (TPSA) is 85.2 Å². The van der Waals surface area contributed by atoms with Crippen LogP contribution in [0.25, 0.3) is 17.1 Å². The van der Waals surface area contributed by atoms with Crippen molar-refractivity contribution in [3.63, 3.8) is 0 Å². The van der Waals surface area contributed by atoms with E-state index in [1.807, 2.05) is 29.2 Å². The van der Waals surface area contributed by atoms with Gasteiger partial charge in [-0.25, -0.2) is 9.67 Å². The average molecular weight is 392 g/mol. The third-order valence-corrected chi connectivity index (χ3v) is 4.87. The highest BCUT2D eigenvalue weighted by molar-refractivity contribution is 5.93. The van der Waals surface area contributed by atoms with Crippen molar-refractivity contribution < 1.29 is 9.53 Å². The van der Waals surface area contributed by atoms with Crippen LogP contribution in [0.15, 0.2) is 48.8 Å². The van der Waals surface area contributed by atoms with Gasteiger partial charge in [0, 0.05) is 37.4 Å². The molecule has 1 fully saturated rings. The number of amides is 1. The van der Waals surface area contributed by atoms with Crippen LogP contribution in [-0.4, -0.2) is 62.8 Å². The molecule has 1 N–H and O–H groups in total. The van der Waals surface area contributed by atoms with Gasteiger partial charge in [-0.1, -0.05) is 6.07 Å². The van der Waals surface area contributed by atoms with Crippen molar-refractivity contribution >= 4 is 5.91 Å². The summed E-state index contributed by atoms with van der Waals surface area (Å²) in [4.78, 5) is 23.7. The summed E-state index contributed by atoms with van der Waals surface area (Å²) >= 11 is 0. The van der Waals surface area contributed by atoms with Gasteiger partial charge in [-0.15, -0.1) is 0 Å². The lowest BCUT2D eigenvalue weighted by Gasteiger charge is -2.35. The molecule has 8 heteroatoms. The van der Waals surface area contributed by atoms with Crippen LogP contribution in [-0.2, 0) is 0 Å². The highest BCUT2D eigenvalue weighted by Crippen LogP contribution is 2.24. The van der Waals surface area contributed by atoms with Crippen LogP contribution >= 0.6 is 0 Å². The number of hydrogen-bond acceptors (Lipinski definition) is 6. The first-order valence-corrected chi connectivity index (χ1v) is 9.62. The first kappa shape index (κ1) is 19.1. The number of nitrogens with zero attached hydrogens (tertiary/aromatic N) is 5. The van der Waals surface area contributed by atoms with Crippen LogP contribution in [0.4, 0.5) is 0 Å². The zero-order valence-electron chi connectivity index (χ0n) is 16.7. The molecular formula is C21H24N6O2. The average Bonchev–Trinajstić information content (AvgIpc) is 3.18. The molecule has 29 heavy (non-hydrogen) atoms. The van der Waals surface area contributed by atoms with Gasteiger partial charge in [-0.2, -0.15) is 5.10 Å². The van der Waals surface area contributed by atoms with E-state index in [9.17, 15) is 4.79 Å². The number of piperazine rings is 1. The zero-order valence-corrected chi connectivity index (χ0v) is 16.7. The quantitative estimate of drug-likeness (QED) is 0.732. The molecule has 4 heterocycles. The molecule has 1 amide bonds. The Bertz CT molecular complexity index is 976. The molecule has 1 saturated heterocycles. The molecule has 8 nitrogen and oxygen atoms in total. The molecule has 1 aliphatic heterocycles. The number of carbonyl (C=O) groups is 1. The summed E-state index contributed by atoms with van der Waals surface area (Å²) in [7, 11) is 1.57. The predicted molar refractivity (Wildman–Crippen MR) is 109 cm³/mol. The minimum Gasteiger partial charge on any atom is -0.481 e. The lowest BCUT2D eigenvalue weighted by Crippen LogP contribution is -2.55. The summed E-state index contributed by atoms with van der Waals surface area (Å²) in [6, 6.07) is 11.6. The molecule has 3 aromatic rings. The maximum Gasteiger partial charge on any atom is 0.274 e. The van der Waals surface area contributed by atoms with Gasteiger partial charge >= 0.3 is 0 Å². The maximum absolute atomic E-state index is 13.2. The number of rotatable bonds is 4. The molecule has 0 saturated carbocycles. The molecule has 0 aliphatic carbocycles. The molecule has 2 unspecified atom stereocenters. The van der Waals surface area contributed by atoms with Gasteiger partial charge in [-0.3, -0.25) is 9.78 Å². The molecule has 150 valence electrons. The van der Waals surface area contributed by atoms with E-state index in [4.69, 9.17) is 4.74 Å². The van der Waals surface area contributed by atoms with Gasteiger partial charge in [-0.05, 0) is 38.1 Å². The van der Waals surface area contributed by atoms with E-state index in [2.05, 4.69) is 34.2 Å². The second kappa shape index (κ2) is 8.00. The highest BCUT2D eigenvalue weighted by atomic mass is 16.5. The molecule has 0 bridgehead atoms. The molecule has 2 atom stereocenters. The Labute approximate surface area is 169 Å². The molecule has 0 aromatic carbocycles. The third-order valence-electron chi connectivity index (χ3n) is 4.87. The first-order chi connectivity index (χ1) is 14.0. The maximum atomic E-state index is 13.2. The highest BCUT2D eigenvalue weighted by Gasteiger charge is 2.28. The second-order valence-electron chi connectivity index (χ2n) is 7.28. The monoisotopic (exact) mass is 392 g/mol. The van der Waals surface area contributed by atoms with Gasteiger partial charge in [0.1, 0.15) is 0 Å². The van der Waals surface area contributed by atoms with E-state index in [0.717, 1.165) is 17.1 Å². The Kier molecular flexibility index (Phi) is 5.26. The fourth-order valence-corrected chi connectivity index (χ4v) is 3.65. The van der Waals surface area contributed by atoms with Crippen molar-refractivity contribution in [1.29, 1.82) is 0 Å². The van der Waals surface area contributed by atoms with Crippen LogP contribution < -0.4 is 10.1 Å². The fourth-order valence-electron chi connectivity index (χ4n) is 3.65. The van der Waals surface area contributed by atoms with Crippen molar-refractivity contribution in [2.24, 2.45) is 0 Å². The Morgan fingerprint density at radius 3 is 2.55 bits per heavy atom. The predicted octanol–water partition coefficient (Wildman–Crippen LogP) is 2.16. The van der Waals surface area contributed by atoms with Gasteiger partial charge in [0.25, 0.3) is 5.91 Å². The number of pyridine rings is 2. The van der Waals surface area contributed by atoms with Crippen molar-refractivity contribution in [2.45, 2.75) is 25.9 Å². The minimum absolute atomic E-state index is 0.0809. The Morgan fingerprint density at radius 1 is 1.14 bits per heavy atom. The van der Waals surface area contributed by atoms with E-state index in [0.29, 0.717) is 24.7 Å². The fraction of sp³-hybridized carbons (Fsp3) is 0.333. The molecule has 0 radical (unpaired) electrons. The van der Waals surface area contributed by atoms with E-state index in [1.54, 1.807) is 36.3 Å². The van der Waals surface area contributed by atoms with Crippen molar-refractivity contribution in [3.8, 4) is 23.0 Å². The minimum atomic E-state index is -0.0809. The SMILES string of the molecule is COc1ccc(-n2nc(C(=O)N3CC(C)NC(C)C3)cc2-c2ccccn2)cn1. The summed E-state index contributed by atoms with van der Waals surface area (Å²) in [6.45, 7) is 5.46. The Morgan fingerprint density at radius 2 is 1.93 bits per heavy atom. The number of hydrogen-bond donors (Lipinski definition) is 1. The van der Waals surface area contributed by atoms with Gasteiger partial charge in [0.15, 0.2) is 5.69 Å². The lowest BCUT2D eigenvalue weighted by atomic mass is 10.1. The summed E-state index contributed by atoms with van der Waals surface area (Å²) in [6.07, 6.45) is 3.39. The molecule has 0 spiro atoms. The van der Waals surface area contributed by atoms with Gasteiger partial charge < -0.3 is 15.0 Å². The van der Waals surface area contributed by atoms with E-state index in [1.165, 1.54) is 0 Å². The normalized spacial score (nSPS) is 19.2. The lowest BCUT2D eigenvalue weighted by molar-refractivity contribution is 0.0667. The van der Waals surface area contributed by atoms with Crippen LogP contribution in [0.5, 0.6) is 5.88 Å². The van der Waals surface area contributed by atoms with Crippen molar-refractivity contribution in [1.82, 2.24) is 30.0 Å². The van der Waals surface area contributed by atoms with Crippen molar-refractivity contribution in [2.75, 3.05) is 20.2 Å².